The van der Waals surface area contributed by atoms with E-state index in [1.54, 1.807) is 6.07 Å². The molecule has 2 aromatic heterocycles. The maximum absolute atomic E-state index is 13.7. The van der Waals surface area contributed by atoms with Gasteiger partial charge in [0.15, 0.2) is 0 Å². The summed E-state index contributed by atoms with van der Waals surface area (Å²) in [6.07, 6.45) is 2.39. The van der Waals surface area contributed by atoms with Crippen molar-refractivity contribution in [1.82, 2.24) is 20.3 Å². The molecule has 4 N–H and O–H groups in total. The molecular weight excluding hydrogens is 433 g/mol. The van der Waals surface area contributed by atoms with E-state index in [0.29, 0.717) is 24.6 Å². The number of hydrogen-bond donors (Lipinski definition) is 4. The number of nitrogens with zero attached hydrogens (tertiary/aromatic N) is 3. The molecule has 0 saturated heterocycles. The van der Waals surface area contributed by atoms with Gasteiger partial charge in [-0.3, -0.25) is 15.6 Å². The van der Waals surface area contributed by atoms with Crippen molar-refractivity contribution in [3.63, 3.8) is 0 Å². The lowest BCUT2D eigenvalue weighted by molar-refractivity contribution is 0.256. The molecule has 2 aromatic carbocycles. The number of aromatic nitrogens is 3. The van der Waals surface area contributed by atoms with Gasteiger partial charge in [-0.1, -0.05) is 17.7 Å². The summed E-state index contributed by atoms with van der Waals surface area (Å²) in [6, 6.07) is 13.5. The van der Waals surface area contributed by atoms with E-state index in [1.165, 1.54) is 12.1 Å². The number of guanidine groups is 1. The summed E-state index contributed by atoms with van der Waals surface area (Å²) in [6.45, 7) is 6.06. The third-order valence-corrected chi connectivity index (χ3v) is 5.13. The number of carbonyl (C=O) groups excluding carboxylic acids is 1. The molecule has 4 rings (SSSR count). The summed E-state index contributed by atoms with van der Waals surface area (Å²) in [5.74, 6) is 0.252. The number of halogens is 1. The van der Waals surface area contributed by atoms with Crippen molar-refractivity contribution < 1.29 is 9.18 Å². The lowest BCUT2D eigenvalue weighted by Crippen LogP contribution is -2.39. The summed E-state index contributed by atoms with van der Waals surface area (Å²) >= 11 is 0. The molecule has 0 aliphatic carbocycles. The Morgan fingerprint density at radius 3 is 2.47 bits per heavy atom. The molecule has 2 amide bonds. The molecule has 0 unspecified atom stereocenters. The number of amides is 2. The minimum absolute atomic E-state index is 0.209. The van der Waals surface area contributed by atoms with Gasteiger partial charge in [-0.15, -0.1) is 0 Å². The number of rotatable bonds is 5. The number of aliphatic imine (C=N–C) groups is 1. The van der Waals surface area contributed by atoms with Crippen LogP contribution in [0, 0.1) is 26.6 Å². The van der Waals surface area contributed by atoms with E-state index >= 15 is 0 Å². The van der Waals surface area contributed by atoms with Gasteiger partial charge in [0, 0.05) is 40.7 Å². The molecule has 4 aromatic rings. The smallest absolute Gasteiger partial charge is 0.326 e. The van der Waals surface area contributed by atoms with Crippen LogP contribution in [0.2, 0.25) is 0 Å². The number of anilines is 2. The highest BCUT2D eigenvalue weighted by atomic mass is 19.1. The summed E-state index contributed by atoms with van der Waals surface area (Å²) in [5, 5.41) is 9.33. The Morgan fingerprint density at radius 2 is 1.74 bits per heavy atom. The lowest BCUT2D eigenvalue weighted by atomic mass is 10.1. The van der Waals surface area contributed by atoms with Crippen LogP contribution in [0.1, 0.15) is 22.5 Å². The first kappa shape index (κ1) is 22.9. The Labute approximate surface area is 196 Å². The van der Waals surface area contributed by atoms with Gasteiger partial charge < -0.3 is 10.3 Å². The molecule has 0 bridgehead atoms. The third-order valence-electron chi connectivity index (χ3n) is 5.13. The fourth-order valence-electron chi connectivity index (χ4n) is 3.55. The summed E-state index contributed by atoms with van der Waals surface area (Å²) in [5.41, 5.74) is 5.13. The average Bonchev–Trinajstić information content (AvgIpc) is 3.16. The van der Waals surface area contributed by atoms with Crippen LogP contribution in [0.15, 0.2) is 59.7 Å². The Kier molecular flexibility index (Phi) is 6.82. The highest BCUT2D eigenvalue weighted by Crippen LogP contribution is 2.20. The van der Waals surface area contributed by atoms with Crippen molar-refractivity contribution in [2.45, 2.75) is 27.2 Å². The van der Waals surface area contributed by atoms with Crippen LogP contribution in [0.5, 0.6) is 0 Å². The van der Waals surface area contributed by atoms with Gasteiger partial charge in [-0.05, 0) is 69.2 Å². The largest absolute Gasteiger partial charge is 0.361 e. The zero-order valence-electron chi connectivity index (χ0n) is 19.2. The van der Waals surface area contributed by atoms with Crippen molar-refractivity contribution in [1.29, 1.82) is 0 Å². The number of benzene rings is 2. The zero-order valence-corrected chi connectivity index (χ0v) is 19.2. The van der Waals surface area contributed by atoms with Gasteiger partial charge in [0.25, 0.3) is 0 Å². The highest BCUT2D eigenvalue weighted by molar-refractivity contribution is 6.07. The maximum Gasteiger partial charge on any atom is 0.326 e. The molecule has 34 heavy (non-hydrogen) atoms. The predicted octanol–water partition coefficient (Wildman–Crippen LogP) is 4.85. The molecule has 9 heteroatoms. The molecule has 0 radical (unpaired) electrons. The summed E-state index contributed by atoms with van der Waals surface area (Å²) in [7, 11) is 0. The minimum atomic E-state index is -0.450. The van der Waals surface area contributed by atoms with Crippen molar-refractivity contribution in [3.05, 3.63) is 83.1 Å². The lowest BCUT2D eigenvalue weighted by Gasteiger charge is -2.12. The van der Waals surface area contributed by atoms with Gasteiger partial charge in [0.2, 0.25) is 11.9 Å². The first-order valence-corrected chi connectivity index (χ1v) is 10.9. The first-order valence-electron chi connectivity index (χ1n) is 10.9. The maximum atomic E-state index is 13.7. The molecular formula is C25H26FN7O. The Hall–Kier alpha value is -4.27. The molecule has 174 valence electrons. The number of urea groups is 1. The number of carbonyl (C=O) groups is 1. The van der Waals surface area contributed by atoms with Crippen molar-refractivity contribution >= 4 is 34.5 Å². The van der Waals surface area contributed by atoms with Crippen molar-refractivity contribution in [3.8, 4) is 0 Å². The molecule has 0 spiro atoms. The summed E-state index contributed by atoms with van der Waals surface area (Å²) < 4.78 is 13.7. The average molecular weight is 460 g/mol. The Balaban J connectivity index is 1.50. The van der Waals surface area contributed by atoms with Crippen LogP contribution in [-0.4, -0.2) is 33.5 Å². The van der Waals surface area contributed by atoms with Gasteiger partial charge >= 0.3 is 6.03 Å². The fraction of sp³-hybridized carbons (Fsp3) is 0.200. The van der Waals surface area contributed by atoms with E-state index < -0.39 is 6.03 Å². The second-order valence-corrected chi connectivity index (χ2v) is 8.03. The molecule has 0 fully saturated rings. The van der Waals surface area contributed by atoms with Gasteiger partial charge in [-0.25, -0.2) is 19.2 Å². The van der Waals surface area contributed by atoms with E-state index in [4.69, 9.17) is 0 Å². The van der Waals surface area contributed by atoms with Crippen LogP contribution in [0.4, 0.5) is 20.8 Å². The number of aromatic amines is 1. The second-order valence-electron chi connectivity index (χ2n) is 8.03. The quantitative estimate of drug-likeness (QED) is 0.253. The van der Waals surface area contributed by atoms with Crippen molar-refractivity contribution in [2.24, 2.45) is 4.99 Å². The first-order chi connectivity index (χ1) is 16.4. The van der Waals surface area contributed by atoms with Crippen LogP contribution < -0.4 is 16.0 Å². The number of H-pyrrole nitrogens is 1. The fourth-order valence-corrected chi connectivity index (χ4v) is 3.55. The SMILES string of the molecule is Cc1ccc(NC(=O)NC(=NCCc2c[nH]c3ccc(F)cc23)Nc2nc(C)cc(C)n2)cc1. The zero-order chi connectivity index (χ0) is 24.1. The highest BCUT2D eigenvalue weighted by Gasteiger charge is 2.10. The molecule has 8 nitrogen and oxygen atoms in total. The van der Waals surface area contributed by atoms with E-state index in [2.05, 4.69) is 35.9 Å². The second kappa shape index (κ2) is 10.1. The Bertz CT molecular complexity index is 1330. The van der Waals surface area contributed by atoms with E-state index in [0.717, 1.165) is 33.4 Å². The topological polar surface area (TPSA) is 107 Å². The van der Waals surface area contributed by atoms with Gasteiger partial charge in [0.1, 0.15) is 5.82 Å². The van der Waals surface area contributed by atoms with Crippen molar-refractivity contribution in [2.75, 3.05) is 17.2 Å². The number of nitrogens with one attached hydrogen (secondary N) is 4. The van der Waals surface area contributed by atoms with E-state index in [-0.39, 0.29) is 11.8 Å². The molecule has 2 heterocycles. The molecule has 0 aliphatic rings. The standard InChI is InChI=1S/C25H26FN7O/c1-15-4-7-20(8-5-15)31-25(34)33-23(32-24-29-16(2)12-17(3)30-24)27-11-10-18-14-28-22-9-6-19(26)13-21(18)22/h4-9,12-14,28H,10-11H2,1-3H3,(H3,27,29,30,31,32,33,34). The van der Waals surface area contributed by atoms with Gasteiger partial charge in [0.05, 0.1) is 0 Å². The number of hydrogen-bond acceptors (Lipinski definition) is 4. The van der Waals surface area contributed by atoms with Crippen LogP contribution in [0.25, 0.3) is 10.9 Å². The van der Waals surface area contributed by atoms with Crippen LogP contribution in [-0.2, 0) is 6.42 Å². The molecule has 0 saturated carbocycles. The van der Waals surface area contributed by atoms with Gasteiger partial charge in [-0.2, -0.15) is 0 Å². The summed E-state index contributed by atoms with van der Waals surface area (Å²) in [4.78, 5) is 29.0. The predicted molar refractivity (Wildman–Crippen MR) is 133 cm³/mol. The molecule has 0 aliphatic heterocycles. The van der Waals surface area contributed by atoms with E-state index in [9.17, 15) is 9.18 Å². The minimum Gasteiger partial charge on any atom is -0.361 e. The number of fused-ring (bicyclic) bond motifs is 1. The van der Waals surface area contributed by atoms with Crippen LogP contribution >= 0.6 is 0 Å². The Morgan fingerprint density at radius 1 is 1.00 bits per heavy atom. The third kappa shape index (κ3) is 5.94. The molecule has 0 atom stereocenters. The normalized spacial score (nSPS) is 11.5. The van der Waals surface area contributed by atoms with E-state index in [1.807, 2.05) is 57.3 Å². The number of aryl methyl sites for hydroxylation is 3. The monoisotopic (exact) mass is 459 g/mol. The van der Waals surface area contributed by atoms with Crippen LogP contribution in [0.3, 0.4) is 0 Å².